The maximum atomic E-state index is 11.8. The Morgan fingerprint density at radius 3 is 1.66 bits per heavy atom. The molecule has 0 aromatic heterocycles. The molecule has 3 rings (SSSR count). The third-order valence-corrected chi connectivity index (χ3v) is 4.64. The van der Waals surface area contributed by atoms with Crippen molar-refractivity contribution in [2.24, 2.45) is 0 Å². The number of aromatic hydroxyl groups is 1. The Morgan fingerprint density at radius 2 is 1.17 bits per heavy atom. The second kappa shape index (κ2) is 23.1. The van der Waals surface area contributed by atoms with Crippen LogP contribution >= 0.6 is 0 Å². The fraction of sp³-hybridized carbons (Fsp3) is 0.300. The average molecular weight is 668 g/mol. The molecule has 0 heterocycles. The molecule has 11 heteroatoms. The van der Waals surface area contributed by atoms with Crippen molar-refractivity contribution in [3.8, 4) is 23.0 Å². The number of carbonyl (C=O) groups is 2. The van der Waals surface area contributed by atoms with Crippen molar-refractivity contribution < 1.29 is 68.3 Å². The van der Waals surface area contributed by atoms with E-state index in [9.17, 15) is 14.7 Å². The van der Waals surface area contributed by atoms with Gasteiger partial charge in [0.2, 0.25) is 0 Å². The predicted molar refractivity (Wildman–Crippen MR) is 153 cm³/mol. The van der Waals surface area contributed by atoms with Gasteiger partial charge in [0.15, 0.2) is 13.6 Å². The number of methoxy groups -OCH3 is 4. The summed E-state index contributed by atoms with van der Waals surface area (Å²) in [6.45, 7) is 0.489. The second-order valence-corrected chi connectivity index (χ2v) is 7.20. The molecule has 0 bridgehead atoms. The number of hydrogen-bond donors (Lipinski definition) is 1. The number of carbonyl (C=O) groups excluding carboxylic acids is 2. The Hall–Kier alpha value is -3.62. The van der Waals surface area contributed by atoms with E-state index in [1.165, 1.54) is 46.6 Å². The van der Waals surface area contributed by atoms with Gasteiger partial charge in [-0.2, -0.15) is 0 Å². The van der Waals surface area contributed by atoms with Gasteiger partial charge >= 0.3 is 11.9 Å². The summed E-state index contributed by atoms with van der Waals surface area (Å²) >= 11 is 0. The first kappa shape index (κ1) is 41.9. The van der Waals surface area contributed by atoms with Gasteiger partial charge in [0.1, 0.15) is 40.7 Å². The molecule has 0 amide bonds. The molecule has 0 aliphatic carbocycles. The number of hydrogen-bond acceptors (Lipinski definition) is 10. The number of benzene rings is 3. The van der Waals surface area contributed by atoms with E-state index in [-0.39, 0.29) is 67.6 Å². The Bertz CT molecular complexity index is 1140. The molecule has 0 atom stereocenters. The molecule has 0 fully saturated rings. The van der Waals surface area contributed by atoms with Crippen LogP contribution in [0.15, 0.2) is 66.7 Å². The van der Waals surface area contributed by atoms with Gasteiger partial charge in [-0.3, -0.25) is 0 Å². The molecule has 3 aromatic carbocycles. The van der Waals surface area contributed by atoms with Crippen LogP contribution < -0.4 is 14.2 Å². The van der Waals surface area contributed by atoms with Gasteiger partial charge in [0.25, 0.3) is 0 Å². The van der Waals surface area contributed by atoms with Crippen molar-refractivity contribution in [2.45, 2.75) is 21.5 Å². The minimum Gasteiger partial charge on any atom is -0.508 e. The first-order valence-electron chi connectivity index (χ1n) is 11.0. The van der Waals surface area contributed by atoms with Crippen molar-refractivity contribution in [3.05, 3.63) is 90.8 Å². The predicted octanol–water partition coefficient (Wildman–Crippen LogP) is 5.92. The van der Waals surface area contributed by atoms with E-state index >= 15 is 0 Å². The van der Waals surface area contributed by atoms with Gasteiger partial charge in [-0.25, -0.2) is 9.59 Å². The zero-order valence-corrected chi connectivity index (χ0v) is 24.0. The van der Waals surface area contributed by atoms with E-state index in [0.717, 1.165) is 5.56 Å². The van der Waals surface area contributed by atoms with Crippen LogP contribution in [0.1, 0.15) is 41.1 Å². The number of esters is 2. The topological polar surface area (TPSA) is 119 Å². The molecular weight excluding hydrogens is 627 g/mol. The van der Waals surface area contributed by atoms with Gasteiger partial charge < -0.3 is 45.7 Å². The van der Waals surface area contributed by atoms with E-state index in [2.05, 4.69) is 4.74 Å². The van der Waals surface area contributed by atoms with Crippen molar-refractivity contribution in [3.63, 3.8) is 0 Å². The van der Waals surface area contributed by atoms with Crippen LogP contribution in [-0.4, -0.2) is 59.1 Å². The summed E-state index contributed by atoms with van der Waals surface area (Å²) in [5.74, 6) is 0.171. The minimum atomic E-state index is -0.572. The van der Waals surface area contributed by atoms with Gasteiger partial charge in [-0.1, -0.05) is 45.2 Å². The smallest absolute Gasteiger partial charge is 0.341 e. The second-order valence-electron chi connectivity index (χ2n) is 7.20. The summed E-state index contributed by atoms with van der Waals surface area (Å²) in [5.41, 5.74) is 1.50. The van der Waals surface area contributed by atoms with Crippen LogP contribution in [0.4, 0.5) is 0 Å². The molecule has 10 nitrogen and oxygen atoms in total. The largest absolute Gasteiger partial charge is 0.508 e. The fourth-order valence-corrected chi connectivity index (χ4v) is 2.89. The molecule has 1 N–H and O–H groups in total. The molecule has 0 spiro atoms. The van der Waals surface area contributed by atoms with Crippen molar-refractivity contribution in [1.82, 2.24) is 0 Å². The molecule has 0 unspecified atom stereocenters. The van der Waals surface area contributed by atoms with Crippen LogP contribution in [0.3, 0.4) is 0 Å². The third-order valence-electron chi connectivity index (χ3n) is 4.64. The SMILES string of the molecule is C.C.COCOc1ccc(O)cc1C(=O)OC.COCOc1ccc(OCc2ccccc2)cc1C(=O)OC.[CH3-].[Pd]. The average Bonchev–Trinajstić information content (AvgIpc) is 2.94. The van der Waals surface area contributed by atoms with Gasteiger partial charge in [0, 0.05) is 34.6 Å². The van der Waals surface area contributed by atoms with E-state index in [4.69, 9.17) is 28.4 Å². The number of rotatable bonds is 11. The minimum absolute atomic E-state index is 0. The van der Waals surface area contributed by atoms with Crippen LogP contribution in [0, 0.1) is 7.43 Å². The van der Waals surface area contributed by atoms with Crippen LogP contribution in [0.2, 0.25) is 0 Å². The molecule has 3 aromatic rings. The van der Waals surface area contributed by atoms with Crippen LogP contribution in [0.5, 0.6) is 23.0 Å². The monoisotopic (exact) mass is 667 g/mol. The molecule has 0 aliphatic heterocycles. The molecule has 0 saturated carbocycles. The zero-order valence-electron chi connectivity index (χ0n) is 22.4. The normalized spacial score (nSPS) is 8.98. The first-order chi connectivity index (χ1) is 17.9. The molecular formula is C30H41O10Pd-. The number of phenolic OH excluding ortho intramolecular Hbond substituents is 1. The third kappa shape index (κ3) is 14.0. The van der Waals surface area contributed by atoms with E-state index < -0.39 is 11.9 Å². The maximum Gasteiger partial charge on any atom is 0.341 e. The molecule has 0 aliphatic rings. The standard InChI is InChI=1S/C17H18O5.C10H12O5.2CH4.CH3.Pd/c1-19-12-22-16-9-8-14(10-15(16)17(18)20-2)21-11-13-6-4-3-5-7-13;1-13-6-15-9-4-3-7(11)5-8(9)10(12)14-2;;;;/h3-10H,11-12H2,1-2H3;3-5,11H,6H2,1-2H3;2*1H4;1H3;/q;;;;-1;. The van der Waals surface area contributed by atoms with Crippen molar-refractivity contribution in [2.75, 3.05) is 42.0 Å². The van der Waals surface area contributed by atoms with Crippen molar-refractivity contribution >= 4 is 11.9 Å². The van der Waals surface area contributed by atoms with Gasteiger partial charge in [-0.05, 0) is 42.0 Å². The Labute approximate surface area is 257 Å². The van der Waals surface area contributed by atoms with Gasteiger partial charge in [-0.15, -0.1) is 0 Å². The zero-order chi connectivity index (χ0) is 27.0. The van der Waals surface area contributed by atoms with Crippen LogP contribution in [0.25, 0.3) is 0 Å². The summed E-state index contributed by atoms with van der Waals surface area (Å²) in [7, 11) is 5.56. The first-order valence-corrected chi connectivity index (χ1v) is 11.0. The molecule has 0 radical (unpaired) electrons. The maximum absolute atomic E-state index is 11.8. The van der Waals surface area contributed by atoms with Crippen LogP contribution in [-0.2, 0) is 46.0 Å². The summed E-state index contributed by atoms with van der Waals surface area (Å²) in [5, 5.41) is 9.21. The molecule has 232 valence electrons. The van der Waals surface area contributed by atoms with E-state index in [1.54, 1.807) is 18.2 Å². The van der Waals surface area contributed by atoms with E-state index in [1.807, 2.05) is 30.3 Å². The Morgan fingerprint density at radius 1 is 0.683 bits per heavy atom. The van der Waals surface area contributed by atoms with E-state index in [0.29, 0.717) is 29.4 Å². The van der Waals surface area contributed by atoms with Gasteiger partial charge in [0.05, 0.1) is 14.2 Å². The summed E-state index contributed by atoms with van der Waals surface area (Å²) in [4.78, 5) is 23.1. The summed E-state index contributed by atoms with van der Waals surface area (Å²) in [6.07, 6.45) is 0. The number of phenols is 1. The molecule has 0 saturated heterocycles. The van der Waals surface area contributed by atoms with Crippen molar-refractivity contribution in [1.29, 1.82) is 0 Å². The summed E-state index contributed by atoms with van der Waals surface area (Å²) in [6, 6.07) is 18.9. The summed E-state index contributed by atoms with van der Waals surface area (Å²) < 4.78 is 35.0. The number of ether oxygens (including phenoxy) is 7. The molecule has 41 heavy (non-hydrogen) atoms. The fourth-order valence-electron chi connectivity index (χ4n) is 2.89. The Kier molecular flexibility index (Phi) is 23.6. The Balaban J connectivity index is -0.000000679. The quantitative estimate of drug-likeness (QED) is 0.114.